The zero-order valence-corrected chi connectivity index (χ0v) is 19.5. The highest BCUT2D eigenvalue weighted by Crippen LogP contribution is 2.26. The van der Waals surface area contributed by atoms with Crippen LogP contribution >= 0.6 is 0 Å². The number of carbonyl (C=O) groups is 1. The maximum absolute atomic E-state index is 13.4. The van der Waals surface area contributed by atoms with E-state index in [1.54, 1.807) is 41.2 Å². The molecule has 3 aromatic rings. The van der Waals surface area contributed by atoms with Crippen LogP contribution in [0.5, 0.6) is 0 Å². The lowest BCUT2D eigenvalue weighted by Gasteiger charge is -2.27. The van der Waals surface area contributed by atoms with E-state index in [1.165, 1.54) is 12.1 Å². The van der Waals surface area contributed by atoms with Crippen LogP contribution < -0.4 is 0 Å². The molecular weight excluding hydrogens is 409 g/mol. The lowest BCUT2D eigenvalue weighted by molar-refractivity contribution is 0.0633. The Bertz CT molecular complexity index is 1080. The smallest absolute Gasteiger partial charge is 0.257 e. The van der Waals surface area contributed by atoms with Gasteiger partial charge in [-0.2, -0.15) is 5.10 Å². The fourth-order valence-corrected chi connectivity index (χ4v) is 3.61. The SMILES string of the molecule is COCCN(C(=O)c1cnn(-c2ncc(C)c(-c3ccc(F)cc3)n2)c1C(C)C)C(C)C. The van der Waals surface area contributed by atoms with Gasteiger partial charge in [-0.15, -0.1) is 0 Å². The molecule has 2 aromatic heterocycles. The first-order valence-corrected chi connectivity index (χ1v) is 10.7. The molecule has 1 aromatic carbocycles. The first kappa shape index (κ1) is 23.5. The van der Waals surface area contributed by atoms with Crippen LogP contribution in [0.25, 0.3) is 17.2 Å². The van der Waals surface area contributed by atoms with Gasteiger partial charge in [0.2, 0.25) is 0 Å². The van der Waals surface area contributed by atoms with E-state index in [1.807, 2.05) is 34.6 Å². The molecule has 0 aliphatic heterocycles. The monoisotopic (exact) mass is 439 g/mol. The van der Waals surface area contributed by atoms with Crippen molar-refractivity contribution in [3.8, 4) is 17.2 Å². The van der Waals surface area contributed by atoms with E-state index in [9.17, 15) is 9.18 Å². The van der Waals surface area contributed by atoms with Crippen molar-refractivity contribution >= 4 is 5.91 Å². The molecule has 3 rings (SSSR count). The topological polar surface area (TPSA) is 73.1 Å². The van der Waals surface area contributed by atoms with E-state index in [2.05, 4.69) is 10.1 Å². The van der Waals surface area contributed by atoms with Crippen LogP contribution in [-0.2, 0) is 4.74 Å². The number of aromatic nitrogens is 4. The second kappa shape index (κ2) is 9.99. The van der Waals surface area contributed by atoms with Gasteiger partial charge in [0.25, 0.3) is 11.9 Å². The normalized spacial score (nSPS) is 11.4. The molecule has 0 radical (unpaired) electrons. The lowest BCUT2D eigenvalue weighted by Crippen LogP contribution is -2.39. The number of carbonyl (C=O) groups excluding carboxylic acids is 1. The summed E-state index contributed by atoms with van der Waals surface area (Å²) in [6.07, 6.45) is 3.30. The Morgan fingerprint density at radius 1 is 1.16 bits per heavy atom. The Labute approximate surface area is 188 Å². The molecule has 2 heterocycles. The molecular formula is C24H30FN5O2. The van der Waals surface area contributed by atoms with Crippen LogP contribution in [-0.4, -0.2) is 56.9 Å². The van der Waals surface area contributed by atoms with Crippen molar-refractivity contribution in [2.75, 3.05) is 20.3 Å². The van der Waals surface area contributed by atoms with Gasteiger partial charge in [-0.05, 0) is 56.5 Å². The molecule has 32 heavy (non-hydrogen) atoms. The van der Waals surface area contributed by atoms with Crippen molar-refractivity contribution in [3.63, 3.8) is 0 Å². The van der Waals surface area contributed by atoms with Crippen molar-refractivity contribution in [1.82, 2.24) is 24.6 Å². The summed E-state index contributed by atoms with van der Waals surface area (Å²) in [4.78, 5) is 24.3. The Balaban J connectivity index is 2.06. The van der Waals surface area contributed by atoms with Gasteiger partial charge in [0.15, 0.2) is 0 Å². The number of aryl methyl sites for hydroxylation is 1. The predicted octanol–water partition coefficient (Wildman–Crippen LogP) is 4.40. The average Bonchev–Trinajstić information content (AvgIpc) is 3.20. The Morgan fingerprint density at radius 3 is 2.44 bits per heavy atom. The third-order valence-electron chi connectivity index (χ3n) is 5.27. The summed E-state index contributed by atoms with van der Waals surface area (Å²) >= 11 is 0. The molecule has 0 bridgehead atoms. The fraction of sp³-hybridized carbons (Fsp3) is 0.417. The highest BCUT2D eigenvalue weighted by atomic mass is 19.1. The summed E-state index contributed by atoms with van der Waals surface area (Å²) in [5, 5.41) is 4.48. The molecule has 8 heteroatoms. The number of halogens is 1. The van der Waals surface area contributed by atoms with E-state index < -0.39 is 0 Å². The Kier molecular flexibility index (Phi) is 7.35. The van der Waals surface area contributed by atoms with Crippen LogP contribution in [0.2, 0.25) is 0 Å². The average molecular weight is 440 g/mol. The first-order valence-electron chi connectivity index (χ1n) is 10.7. The number of rotatable bonds is 8. The largest absolute Gasteiger partial charge is 0.383 e. The second-order valence-electron chi connectivity index (χ2n) is 8.30. The molecule has 0 spiro atoms. The third-order valence-corrected chi connectivity index (χ3v) is 5.27. The fourth-order valence-electron chi connectivity index (χ4n) is 3.61. The van der Waals surface area contributed by atoms with Crippen LogP contribution in [0, 0.1) is 12.7 Å². The number of nitrogens with zero attached hydrogens (tertiary/aromatic N) is 5. The van der Waals surface area contributed by atoms with Crippen LogP contribution in [0.1, 0.15) is 55.2 Å². The van der Waals surface area contributed by atoms with Gasteiger partial charge in [0, 0.05) is 31.5 Å². The molecule has 0 saturated carbocycles. The van der Waals surface area contributed by atoms with Gasteiger partial charge in [-0.1, -0.05) is 13.8 Å². The lowest BCUT2D eigenvalue weighted by atomic mass is 10.0. The Morgan fingerprint density at radius 2 is 1.84 bits per heavy atom. The van der Waals surface area contributed by atoms with Gasteiger partial charge >= 0.3 is 0 Å². The highest BCUT2D eigenvalue weighted by molar-refractivity contribution is 5.95. The van der Waals surface area contributed by atoms with Gasteiger partial charge in [0.1, 0.15) is 5.82 Å². The zero-order valence-electron chi connectivity index (χ0n) is 19.5. The van der Waals surface area contributed by atoms with Gasteiger partial charge in [-0.3, -0.25) is 4.79 Å². The molecule has 0 N–H and O–H groups in total. The molecule has 0 saturated heterocycles. The molecule has 0 atom stereocenters. The summed E-state index contributed by atoms with van der Waals surface area (Å²) in [5.41, 5.74) is 3.61. The van der Waals surface area contributed by atoms with Crippen molar-refractivity contribution in [2.45, 2.75) is 46.6 Å². The zero-order chi connectivity index (χ0) is 23.4. The van der Waals surface area contributed by atoms with E-state index >= 15 is 0 Å². The predicted molar refractivity (Wildman–Crippen MR) is 121 cm³/mol. The summed E-state index contributed by atoms with van der Waals surface area (Å²) in [6, 6.07) is 6.20. The van der Waals surface area contributed by atoms with Crippen molar-refractivity contribution in [3.05, 3.63) is 59.3 Å². The first-order chi connectivity index (χ1) is 15.2. The number of amides is 1. The number of benzene rings is 1. The number of ether oxygens (including phenoxy) is 1. The van der Waals surface area contributed by atoms with Crippen LogP contribution in [0.15, 0.2) is 36.7 Å². The minimum absolute atomic E-state index is 0.00654. The van der Waals surface area contributed by atoms with E-state index in [0.29, 0.717) is 30.4 Å². The number of hydrogen-bond acceptors (Lipinski definition) is 5. The third kappa shape index (κ3) is 4.85. The van der Waals surface area contributed by atoms with Crippen molar-refractivity contribution in [1.29, 1.82) is 0 Å². The van der Waals surface area contributed by atoms with Gasteiger partial charge in [-0.25, -0.2) is 19.0 Å². The summed E-state index contributed by atoms with van der Waals surface area (Å²) < 4.78 is 20.2. The summed E-state index contributed by atoms with van der Waals surface area (Å²) in [5.74, 6) is -0.0308. The second-order valence-corrected chi connectivity index (χ2v) is 8.30. The summed E-state index contributed by atoms with van der Waals surface area (Å²) in [7, 11) is 1.62. The molecule has 0 aliphatic carbocycles. The van der Waals surface area contributed by atoms with Crippen molar-refractivity contribution < 1.29 is 13.9 Å². The molecule has 7 nitrogen and oxygen atoms in total. The van der Waals surface area contributed by atoms with Gasteiger partial charge in [0.05, 0.1) is 29.8 Å². The van der Waals surface area contributed by atoms with Gasteiger partial charge < -0.3 is 9.64 Å². The quantitative estimate of drug-likeness (QED) is 0.520. The molecule has 170 valence electrons. The van der Waals surface area contributed by atoms with E-state index in [4.69, 9.17) is 9.72 Å². The molecule has 1 amide bonds. The van der Waals surface area contributed by atoms with Crippen LogP contribution in [0.4, 0.5) is 4.39 Å². The molecule has 0 unspecified atom stereocenters. The standard InChI is InChI=1S/C24H30FN5O2/c1-15(2)22-20(23(31)29(16(3)4)11-12-32-6)14-27-30(22)24-26-13-17(5)21(28-24)18-7-9-19(25)10-8-18/h7-10,13-16H,11-12H2,1-6H3. The molecule has 0 aliphatic rings. The number of hydrogen-bond donors (Lipinski definition) is 0. The van der Waals surface area contributed by atoms with Crippen LogP contribution in [0.3, 0.4) is 0 Å². The minimum atomic E-state index is -0.304. The van der Waals surface area contributed by atoms with E-state index in [-0.39, 0.29) is 23.7 Å². The Hall–Kier alpha value is -3.13. The number of methoxy groups -OCH3 is 1. The van der Waals surface area contributed by atoms with Crippen molar-refractivity contribution in [2.24, 2.45) is 0 Å². The maximum Gasteiger partial charge on any atom is 0.257 e. The maximum atomic E-state index is 13.4. The molecule has 0 fully saturated rings. The minimum Gasteiger partial charge on any atom is -0.383 e. The summed E-state index contributed by atoms with van der Waals surface area (Å²) in [6.45, 7) is 10.8. The highest BCUT2D eigenvalue weighted by Gasteiger charge is 2.27. The van der Waals surface area contributed by atoms with E-state index in [0.717, 1.165) is 16.8 Å².